The molecule has 0 unspecified atom stereocenters. The van der Waals surface area contributed by atoms with Crippen LogP contribution in [-0.4, -0.2) is 31.1 Å². The SMILES string of the molecule is CCn1cc([C@@H]2NC(=O)CC[C@H]2NCc2cnc3c(C)cccn23)cn1. The third kappa shape index (κ3) is 3.10. The van der Waals surface area contributed by atoms with E-state index in [2.05, 4.69) is 45.0 Å². The molecule has 0 spiro atoms. The molecular weight excluding hydrogens is 328 g/mol. The van der Waals surface area contributed by atoms with Crippen LogP contribution in [-0.2, 0) is 17.9 Å². The Morgan fingerprint density at radius 1 is 1.38 bits per heavy atom. The van der Waals surface area contributed by atoms with Crippen molar-refractivity contribution in [3.05, 3.63) is 53.7 Å². The Balaban J connectivity index is 1.53. The normalized spacial score (nSPS) is 20.5. The number of nitrogens with one attached hydrogen (secondary N) is 2. The summed E-state index contributed by atoms with van der Waals surface area (Å²) in [6.45, 7) is 5.64. The maximum Gasteiger partial charge on any atom is 0.220 e. The maximum absolute atomic E-state index is 11.9. The van der Waals surface area contributed by atoms with Gasteiger partial charge in [-0.15, -0.1) is 0 Å². The first-order valence-electron chi connectivity index (χ1n) is 9.12. The maximum atomic E-state index is 11.9. The van der Waals surface area contributed by atoms with Gasteiger partial charge >= 0.3 is 0 Å². The van der Waals surface area contributed by atoms with Crippen molar-refractivity contribution in [2.75, 3.05) is 0 Å². The lowest BCUT2D eigenvalue weighted by molar-refractivity contribution is -0.123. The molecule has 0 aliphatic carbocycles. The van der Waals surface area contributed by atoms with E-state index >= 15 is 0 Å². The van der Waals surface area contributed by atoms with E-state index in [0.29, 0.717) is 13.0 Å². The predicted octanol–water partition coefficient (Wildman–Crippen LogP) is 1.97. The van der Waals surface area contributed by atoms with Crippen LogP contribution in [0.5, 0.6) is 0 Å². The number of pyridine rings is 1. The van der Waals surface area contributed by atoms with E-state index in [0.717, 1.165) is 35.4 Å². The average molecular weight is 352 g/mol. The first-order valence-corrected chi connectivity index (χ1v) is 9.12. The molecule has 1 aliphatic heterocycles. The van der Waals surface area contributed by atoms with E-state index in [1.54, 1.807) is 0 Å². The summed E-state index contributed by atoms with van der Waals surface area (Å²) in [4.78, 5) is 16.5. The Morgan fingerprint density at radius 3 is 3.08 bits per heavy atom. The van der Waals surface area contributed by atoms with Crippen LogP contribution in [0, 0.1) is 6.92 Å². The van der Waals surface area contributed by atoms with Gasteiger partial charge in [0.2, 0.25) is 5.91 Å². The van der Waals surface area contributed by atoms with E-state index in [1.165, 1.54) is 0 Å². The number of fused-ring (bicyclic) bond motifs is 1. The number of rotatable bonds is 5. The van der Waals surface area contributed by atoms with Gasteiger partial charge in [-0.3, -0.25) is 9.48 Å². The van der Waals surface area contributed by atoms with Crippen molar-refractivity contribution in [2.24, 2.45) is 0 Å². The predicted molar refractivity (Wildman–Crippen MR) is 98.6 cm³/mol. The molecule has 0 aromatic carbocycles. The van der Waals surface area contributed by atoms with Crippen LogP contribution in [0.3, 0.4) is 0 Å². The molecule has 1 saturated heterocycles. The van der Waals surface area contributed by atoms with Crippen LogP contribution in [0.15, 0.2) is 36.9 Å². The molecular formula is C19H24N6O. The summed E-state index contributed by atoms with van der Waals surface area (Å²) in [6.07, 6.45) is 9.18. The second kappa shape index (κ2) is 6.92. The van der Waals surface area contributed by atoms with E-state index < -0.39 is 0 Å². The van der Waals surface area contributed by atoms with Crippen LogP contribution in [0.2, 0.25) is 0 Å². The van der Waals surface area contributed by atoms with Crippen molar-refractivity contribution in [1.82, 2.24) is 29.8 Å². The molecule has 3 aromatic heterocycles. The van der Waals surface area contributed by atoms with Gasteiger partial charge in [-0.2, -0.15) is 5.10 Å². The Kier molecular flexibility index (Phi) is 4.46. The number of amides is 1. The van der Waals surface area contributed by atoms with Gasteiger partial charge in [0.05, 0.1) is 24.1 Å². The van der Waals surface area contributed by atoms with Crippen molar-refractivity contribution in [2.45, 2.75) is 51.9 Å². The standard InChI is InChI=1S/C19H24N6O/c1-3-24-12-14(9-22-24)18-16(6-7-17(26)23-18)20-10-15-11-21-19-13(2)5-4-8-25(15)19/h4-5,8-9,11-12,16,18,20H,3,6-7,10H2,1-2H3,(H,23,26)/t16-,18+/m1/s1. The zero-order chi connectivity index (χ0) is 18.1. The zero-order valence-corrected chi connectivity index (χ0v) is 15.1. The topological polar surface area (TPSA) is 76.2 Å². The fourth-order valence-electron chi connectivity index (χ4n) is 3.62. The van der Waals surface area contributed by atoms with E-state index in [1.807, 2.05) is 35.5 Å². The average Bonchev–Trinajstić information content (AvgIpc) is 3.28. The minimum atomic E-state index is -0.0579. The summed E-state index contributed by atoms with van der Waals surface area (Å²) in [5.41, 5.74) is 4.31. The monoisotopic (exact) mass is 352 g/mol. The highest BCUT2D eigenvalue weighted by Gasteiger charge is 2.30. The number of carbonyl (C=O) groups is 1. The van der Waals surface area contributed by atoms with E-state index in [4.69, 9.17) is 0 Å². The quantitative estimate of drug-likeness (QED) is 0.736. The van der Waals surface area contributed by atoms with Crippen LogP contribution in [0.1, 0.15) is 42.6 Å². The van der Waals surface area contributed by atoms with Gasteiger partial charge in [-0.25, -0.2) is 4.98 Å². The van der Waals surface area contributed by atoms with E-state index in [9.17, 15) is 4.79 Å². The van der Waals surface area contributed by atoms with Crippen molar-refractivity contribution in [3.63, 3.8) is 0 Å². The molecule has 0 radical (unpaired) electrons. The molecule has 26 heavy (non-hydrogen) atoms. The second-order valence-corrected chi connectivity index (χ2v) is 6.83. The van der Waals surface area contributed by atoms with Gasteiger partial charge in [-0.1, -0.05) is 6.07 Å². The van der Waals surface area contributed by atoms with Gasteiger partial charge in [0.1, 0.15) is 5.65 Å². The number of aryl methyl sites for hydroxylation is 2. The number of carbonyl (C=O) groups excluding carboxylic acids is 1. The molecule has 1 aliphatic rings. The molecule has 1 fully saturated rings. The highest BCUT2D eigenvalue weighted by Crippen LogP contribution is 2.24. The lowest BCUT2D eigenvalue weighted by Gasteiger charge is -2.32. The third-order valence-corrected chi connectivity index (χ3v) is 5.09. The summed E-state index contributed by atoms with van der Waals surface area (Å²) in [5, 5.41) is 11.1. The number of piperidine rings is 1. The molecule has 0 saturated carbocycles. The molecule has 7 nitrogen and oxygen atoms in total. The van der Waals surface area contributed by atoms with Crippen LogP contribution < -0.4 is 10.6 Å². The minimum Gasteiger partial charge on any atom is -0.348 e. The lowest BCUT2D eigenvalue weighted by atomic mass is 9.93. The number of imidazole rings is 1. The summed E-state index contributed by atoms with van der Waals surface area (Å²) < 4.78 is 4.01. The molecule has 7 heteroatoms. The van der Waals surface area contributed by atoms with Gasteiger partial charge < -0.3 is 15.0 Å². The lowest BCUT2D eigenvalue weighted by Crippen LogP contribution is -2.48. The first-order chi connectivity index (χ1) is 12.7. The van der Waals surface area contributed by atoms with Crippen molar-refractivity contribution in [1.29, 1.82) is 0 Å². The van der Waals surface area contributed by atoms with Gasteiger partial charge in [0.25, 0.3) is 0 Å². The summed E-state index contributed by atoms with van der Waals surface area (Å²) >= 11 is 0. The number of hydrogen-bond donors (Lipinski definition) is 2. The summed E-state index contributed by atoms with van der Waals surface area (Å²) in [6, 6.07) is 4.21. The van der Waals surface area contributed by atoms with Crippen LogP contribution >= 0.6 is 0 Å². The smallest absolute Gasteiger partial charge is 0.220 e. The fraction of sp³-hybridized carbons (Fsp3) is 0.421. The second-order valence-electron chi connectivity index (χ2n) is 6.83. The Bertz CT molecular complexity index is 927. The number of nitrogens with zero attached hydrogens (tertiary/aromatic N) is 4. The van der Waals surface area contributed by atoms with Gasteiger partial charge in [0, 0.05) is 43.5 Å². The minimum absolute atomic E-state index is 0.0579. The Hall–Kier alpha value is -2.67. The van der Waals surface area contributed by atoms with Crippen LogP contribution in [0.4, 0.5) is 0 Å². The molecule has 2 N–H and O–H groups in total. The van der Waals surface area contributed by atoms with Crippen LogP contribution in [0.25, 0.3) is 5.65 Å². The molecule has 136 valence electrons. The molecule has 4 heterocycles. The van der Waals surface area contributed by atoms with Gasteiger partial charge in [0.15, 0.2) is 0 Å². The van der Waals surface area contributed by atoms with Gasteiger partial charge in [-0.05, 0) is 31.9 Å². The summed E-state index contributed by atoms with van der Waals surface area (Å²) in [5.74, 6) is 0.0997. The van der Waals surface area contributed by atoms with Crippen molar-refractivity contribution in [3.8, 4) is 0 Å². The number of aromatic nitrogens is 4. The Labute approximate surface area is 152 Å². The Morgan fingerprint density at radius 2 is 2.27 bits per heavy atom. The molecule has 4 rings (SSSR count). The first kappa shape index (κ1) is 16.8. The third-order valence-electron chi connectivity index (χ3n) is 5.09. The molecule has 2 atom stereocenters. The highest BCUT2D eigenvalue weighted by atomic mass is 16.1. The molecule has 1 amide bonds. The van der Waals surface area contributed by atoms with Crippen molar-refractivity contribution < 1.29 is 4.79 Å². The van der Waals surface area contributed by atoms with E-state index in [-0.39, 0.29) is 18.0 Å². The number of hydrogen-bond acceptors (Lipinski definition) is 4. The zero-order valence-electron chi connectivity index (χ0n) is 15.1. The fourth-order valence-corrected chi connectivity index (χ4v) is 3.62. The molecule has 0 bridgehead atoms. The summed E-state index contributed by atoms with van der Waals surface area (Å²) in [7, 11) is 0. The van der Waals surface area contributed by atoms with Crippen molar-refractivity contribution >= 4 is 11.6 Å². The largest absolute Gasteiger partial charge is 0.348 e. The molecule has 3 aromatic rings. The highest BCUT2D eigenvalue weighted by molar-refractivity contribution is 5.77.